The Hall–Kier alpha value is -1.99. The third kappa shape index (κ3) is 3.42. The van der Waals surface area contributed by atoms with E-state index in [1.807, 2.05) is 0 Å². The number of halogens is 2. The zero-order valence-electron chi connectivity index (χ0n) is 13.4. The van der Waals surface area contributed by atoms with Crippen molar-refractivity contribution in [1.29, 1.82) is 0 Å². The number of carbonyl (C=O) groups excluding carboxylic acids is 1. The second-order valence-corrected chi connectivity index (χ2v) is 5.86. The van der Waals surface area contributed by atoms with Crippen molar-refractivity contribution in [2.45, 2.75) is 11.8 Å². The molecule has 8 heteroatoms. The SMILES string of the molecule is CCOC(=O)c1nc(-c2ccc(Cl)c(OC)c2F)cc(N)c1SC. The molecule has 24 heavy (non-hydrogen) atoms. The number of nitrogens with two attached hydrogens (primary N) is 1. The van der Waals surface area contributed by atoms with Gasteiger partial charge in [-0.3, -0.25) is 0 Å². The van der Waals surface area contributed by atoms with Gasteiger partial charge < -0.3 is 15.2 Å². The molecule has 0 spiro atoms. The van der Waals surface area contributed by atoms with Gasteiger partial charge in [0.05, 0.1) is 29.3 Å². The van der Waals surface area contributed by atoms with E-state index in [-0.39, 0.29) is 34.3 Å². The average molecular weight is 371 g/mol. The Morgan fingerprint density at radius 1 is 1.46 bits per heavy atom. The van der Waals surface area contributed by atoms with Crippen LogP contribution < -0.4 is 10.5 Å². The molecule has 0 bridgehead atoms. The van der Waals surface area contributed by atoms with Crippen LogP contribution in [0.2, 0.25) is 5.02 Å². The number of benzene rings is 1. The maximum Gasteiger partial charge on any atom is 0.358 e. The molecule has 0 unspecified atom stereocenters. The summed E-state index contributed by atoms with van der Waals surface area (Å²) in [5.74, 6) is -1.39. The van der Waals surface area contributed by atoms with Crippen LogP contribution in [0.5, 0.6) is 5.75 Å². The van der Waals surface area contributed by atoms with E-state index in [2.05, 4.69) is 4.98 Å². The molecule has 0 saturated heterocycles. The van der Waals surface area contributed by atoms with E-state index >= 15 is 0 Å². The fourth-order valence-electron chi connectivity index (χ4n) is 2.16. The molecule has 2 aromatic rings. The van der Waals surface area contributed by atoms with E-state index in [1.54, 1.807) is 13.2 Å². The maximum atomic E-state index is 14.6. The van der Waals surface area contributed by atoms with Crippen LogP contribution in [-0.2, 0) is 4.74 Å². The maximum absolute atomic E-state index is 14.6. The number of hydrogen-bond donors (Lipinski definition) is 1. The lowest BCUT2D eigenvalue weighted by molar-refractivity contribution is 0.0515. The highest BCUT2D eigenvalue weighted by Gasteiger charge is 2.22. The first-order chi connectivity index (χ1) is 11.4. The second kappa shape index (κ2) is 7.72. The minimum atomic E-state index is -0.677. The number of aromatic nitrogens is 1. The summed E-state index contributed by atoms with van der Waals surface area (Å²) in [4.78, 5) is 16.9. The van der Waals surface area contributed by atoms with Crippen molar-refractivity contribution in [2.24, 2.45) is 0 Å². The molecule has 2 rings (SSSR count). The van der Waals surface area contributed by atoms with E-state index in [0.717, 1.165) is 0 Å². The van der Waals surface area contributed by atoms with Crippen molar-refractivity contribution in [3.8, 4) is 17.0 Å². The van der Waals surface area contributed by atoms with Crippen molar-refractivity contribution in [2.75, 3.05) is 25.7 Å². The summed E-state index contributed by atoms with van der Waals surface area (Å²) < 4.78 is 24.6. The summed E-state index contributed by atoms with van der Waals surface area (Å²) in [6.45, 7) is 1.88. The molecule has 1 aromatic carbocycles. The van der Waals surface area contributed by atoms with Crippen molar-refractivity contribution < 1.29 is 18.7 Å². The first-order valence-corrected chi connectivity index (χ1v) is 8.58. The smallest absolute Gasteiger partial charge is 0.358 e. The number of hydrogen-bond acceptors (Lipinski definition) is 6. The Morgan fingerprint density at radius 2 is 2.17 bits per heavy atom. The highest BCUT2D eigenvalue weighted by Crippen LogP contribution is 2.36. The van der Waals surface area contributed by atoms with Gasteiger partial charge in [0, 0.05) is 11.3 Å². The number of carbonyl (C=O) groups is 1. The Bertz CT molecular complexity index is 786. The van der Waals surface area contributed by atoms with E-state index in [4.69, 9.17) is 26.8 Å². The molecule has 0 atom stereocenters. The van der Waals surface area contributed by atoms with Gasteiger partial charge >= 0.3 is 5.97 Å². The molecule has 0 aliphatic heterocycles. The Morgan fingerprint density at radius 3 is 2.75 bits per heavy atom. The lowest BCUT2D eigenvalue weighted by Crippen LogP contribution is -2.11. The Balaban J connectivity index is 2.66. The molecule has 0 fully saturated rings. The molecule has 2 N–H and O–H groups in total. The normalized spacial score (nSPS) is 10.5. The number of nitrogen functional groups attached to an aromatic ring is 1. The largest absolute Gasteiger partial charge is 0.492 e. The van der Waals surface area contributed by atoms with Crippen molar-refractivity contribution in [3.63, 3.8) is 0 Å². The van der Waals surface area contributed by atoms with E-state index < -0.39 is 11.8 Å². The molecule has 128 valence electrons. The molecular weight excluding hydrogens is 355 g/mol. The summed E-state index contributed by atoms with van der Waals surface area (Å²) in [5, 5.41) is 0.137. The first kappa shape index (κ1) is 18.4. The molecule has 0 amide bonds. The molecule has 1 heterocycles. The van der Waals surface area contributed by atoms with Gasteiger partial charge in [0.1, 0.15) is 0 Å². The lowest BCUT2D eigenvalue weighted by atomic mass is 10.1. The zero-order chi connectivity index (χ0) is 17.9. The molecule has 0 aliphatic carbocycles. The third-order valence-corrected chi connectivity index (χ3v) is 4.34. The van der Waals surface area contributed by atoms with Crippen LogP contribution in [0.4, 0.5) is 10.1 Å². The summed E-state index contributed by atoms with van der Waals surface area (Å²) >= 11 is 7.17. The Labute approximate surface area is 148 Å². The quantitative estimate of drug-likeness (QED) is 0.632. The molecule has 5 nitrogen and oxygen atoms in total. The van der Waals surface area contributed by atoms with Crippen LogP contribution in [-0.4, -0.2) is 30.9 Å². The van der Waals surface area contributed by atoms with Crippen molar-refractivity contribution in [1.82, 2.24) is 4.98 Å². The van der Waals surface area contributed by atoms with Gasteiger partial charge in [0.15, 0.2) is 17.3 Å². The van der Waals surface area contributed by atoms with Crippen LogP contribution in [0.15, 0.2) is 23.1 Å². The van der Waals surface area contributed by atoms with Gasteiger partial charge in [-0.05, 0) is 31.4 Å². The summed E-state index contributed by atoms with van der Waals surface area (Å²) in [6.07, 6.45) is 1.77. The monoisotopic (exact) mass is 370 g/mol. The molecule has 0 radical (unpaired) electrons. The van der Waals surface area contributed by atoms with E-state index in [1.165, 1.54) is 37.1 Å². The predicted octanol–water partition coefficient (Wildman–Crippen LogP) is 4.03. The number of thioether (sulfide) groups is 1. The highest BCUT2D eigenvalue weighted by atomic mass is 35.5. The molecule has 0 saturated carbocycles. The van der Waals surface area contributed by atoms with Gasteiger partial charge in [-0.1, -0.05) is 11.6 Å². The lowest BCUT2D eigenvalue weighted by Gasteiger charge is -2.13. The van der Waals surface area contributed by atoms with Gasteiger partial charge in [0.2, 0.25) is 0 Å². The summed E-state index contributed by atoms with van der Waals surface area (Å²) in [5.41, 5.74) is 6.69. The van der Waals surface area contributed by atoms with Gasteiger partial charge in [-0.15, -0.1) is 11.8 Å². The number of ether oxygens (including phenoxy) is 2. The topological polar surface area (TPSA) is 74.4 Å². The fraction of sp³-hybridized carbons (Fsp3) is 0.250. The van der Waals surface area contributed by atoms with E-state index in [9.17, 15) is 9.18 Å². The minimum absolute atomic E-state index is 0.0488. The summed E-state index contributed by atoms with van der Waals surface area (Å²) in [6, 6.07) is 4.44. The standard InChI is InChI=1S/C16H16ClFN2O3S/c1-4-23-16(21)13-15(24-3)10(19)7-11(20-13)8-5-6-9(17)14(22-2)12(8)18/h5-7H,4H2,1-3H3,(H2,19,20). The van der Waals surface area contributed by atoms with E-state index in [0.29, 0.717) is 10.6 Å². The first-order valence-electron chi connectivity index (χ1n) is 6.98. The van der Waals surface area contributed by atoms with Crippen LogP contribution in [0, 0.1) is 5.82 Å². The second-order valence-electron chi connectivity index (χ2n) is 4.64. The predicted molar refractivity (Wildman–Crippen MR) is 93.3 cm³/mol. The zero-order valence-corrected chi connectivity index (χ0v) is 14.9. The molecular formula is C16H16ClFN2O3S. The number of anilines is 1. The van der Waals surface area contributed by atoms with Crippen molar-refractivity contribution >= 4 is 35.0 Å². The van der Waals surface area contributed by atoms with Gasteiger partial charge in [-0.25, -0.2) is 14.2 Å². The van der Waals surface area contributed by atoms with Gasteiger partial charge in [-0.2, -0.15) is 0 Å². The van der Waals surface area contributed by atoms with Crippen LogP contribution >= 0.6 is 23.4 Å². The fourth-order valence-corrected chi connectivity index (χ4v) is 3.00. The Kier molecular flexibility index (Phi) is 5.90. The van der Waals surface area contributed by atoms with Gasteiger partial charge in [0.25, 0.3) is 0 Å². The van der Waals surface area contributed by atoms with Crippen molar-refractivity contribution in [3.05, 3.63) is 34.7 Å². The number of esters is 1. The molecule has 1 aromatic heterocycles. The van der Waals surface area contributed by atoms with Crippen LogP contribution in [0.1, 0.15) is 17.4 Å². The van der Waals surface area contributed by atoms with Crippen LogP contribution in [0.25, 0.3) is 11.3 Å². The number of rotatable bonds is 5. The highest BCUT2D eigenvalue weighted by molar-refractivity contribution is 7.98. The summed E-state index contributed by atoms with van der Waals surface area (Å²) in [7, 11) is 1.32. The number of pyridine rings is 1. The third-order valence-electron chi connectivity index (χ3n) is 3.20. The minimum Gasteiger partial charge on any atom is -0.492 e. The molecule has 0 aliphatic rings. The average Bonchev–Trinajstić information content (AvgIpc) is 2.54. The number of nitrogens with zero attached hydrogens (tertiary/aromatic N) is 1. The number of methoxy groups -OCH3 is 1. The van der Waals surface area contributed by atoms with Crippen LogP contribution in [0.3, 0.4) is 0 Å².